The summed E-state index contributed by atoms with van der Waals surface area (Å²) in [4.78, 5) is 25.4. The van der Waals surface area contributed by atoms with Crippen LogP contribution in [0.5, 0.6) is 0 Å². The zero-order chi connectivity index (χ0) is 37.5. The summed E-state index contributed by atoms with van der Waals surface area (Å²) in [6.45, 7) is 0. The zero-order valence-corrected chi connectivity index (χ0v) is 30.0. The van der Waals surface area contributed by atoms with Crippen LogP contribution in [-0.4, -0.2) is 24.9 Å². The Labute approximate surface area is 323 Å². The average molecular weight is 734 g/mol. The minimum atomic E-state index is 0.548. The van der Waals surface area contributed by atoms with E-state index in [2.05, 4.69) is 24.3 Å². The van der Waals surface area contributed by atoms with Gasteiger partial charge in [0.2, 0.25) is 0 Å². The van der Waals surface area contributed by atoms with Crippen LogP contribution in [0.25, 0.3) is 123 Å². The molecule has 0 atom stereocenters. The Balaban J connectivity index is 1.07. The van der Waals surface area contributed by atoms with E-state index in [1.165, 1.54) is 0 Å². The number of furan rings is 3. The first-order valence-electron chi connectivity index (χ1n) is 18.7. The Morgan fingerprint density at radius 3 is 1.67 bits per heavy atom. The highest BCUT2D eigenvalue weighted by Gasteiger charge is 2.22. The molecule has 12 aromatic rings. The number of nitrogens with zero attached hydrogens (tertiary/aromatic N) is 5. The van der Waals surface area contributed by atoms with Crippen molar-refractivity contribution in [3.63, 3.8) is 0 Å². The van der Waals surface area contributed by atoms with E-state index in [-0.39, 0.29) is 0 Å². The summed E-state index contributed by atoms with van der Waals surface area (Å²) in [7, 11) is 0. The molecule has 0 unspecified atom stereocenters. The van der Waals surface area contributed by atoms with Crippen LogP contribution in [0.1, 0.15) is 0 Å². The fraction of sp³-hybridized carbons (Fsp3) is 0. The lowest BCUT2D eigenvalue weighted by molar-refractivity contribution is 0.666. The monoisotopic (exact) mass is 733 g/mol. The van der Waals surface area contributed by atoms with Gasteiger partial charge in [0.15, 0.2) is 28.9 Å². The van der Waals surface area contributed by atoms with Gasteiger partial charge in [-0.1, -0.05) is 109 Å². The SMILES string of the molecule is c1ccc(-c2nc(-c3ccccc3)nc(-c3cccc4oc5ccc(-c6nc(-c7ccc8c(c7)oc7ccccc78)c7oc8ccccc8c7n6)cc5c34)n2)cc1. The van der Waals surface area contributed by atoms with E-state index in [9.17, 15) is 0 Å². The van der Waals surface area contributed by atoms with Gasteiger partial charge >= 0.3 is 0 Å². The molecule has 0 aliphatic heterocycles. The van der Waals surface area contributed by atoms with Crippen LogP contribution in [0.15, 0.2) is 177 Å². The zero-order valence-electron chi connectivity index (χ0n) is 30.0. The highest BCUT2D eigenvalue weighted by molar-refractivity contribution is 6.13. The second kappa shape index (κ2) is 12.3. The first-order chi connectivity index (χ1) is 28.2. The van der Waals surface area contributed by atoms with Crippen molar-refractivity contribution in [1.82, 2.24) is 24.9 Å². The molecule has 0 radical (unpaired) electrons. The molecule has 0 saturated carbocycles. The lowest BCUT2D eigenvalue weighted by Crippen LogP contribution is -2.00. The van der Waals surface area contributed by atoms with Crippen molar-refractivity contribution in [2.45, 2.75) is 0 Å². The van der Waals surface area contributed by atoms with Gasteiger partial charge in [0.25, 0.3) is 0 Å². The second-order valence-corrected chi connectivity index (χ2v) is 14.0. The average Bonchev–Trinajstić information content (AvgIpc) is 3.97. The Morgan fingerprint density at radius 1 is 0.316 bits per heavy atom. The van der Waals surface area contributed by atoms with Crippen LogP contribution in [0.4, 0.5) is 0 Å². The molecular weight excluding hydrogens is 707 g/mol. The van der Waals surface area contributed by atoms with Crippen molar-refractivity contribution in [2.75, 3.05) is 0 Å². The molecule has 7 aromatic carbocycles. The molecular formula is C49H27N5O3. The third-order valence-electron chi connectivity index (χ3n) is 10.6. The quantitative estimate of drug-likeness (QED) is 0.172. The van der Waals surface area contributed by atoms with Crippen molar-refractivity contribution in [1.29, 1.82) is 0 Å². The number of hydrogen-bond acceptors (Lipinski definition) is 8. The largest absolute Gasteiger partial charge is 0.456 e. The first-order valence-corrected chi connectivity index (χ1v) is 18.7. The fourth-order valence-corrected chi connectivity index (χ4v) is 7.87. The molecule has 57 heavy (non-hydrogen) atoms. The van der Waals surface area contributed by atoms with E-state index in [4.69, 9.17) is 38.2 Å². The van der Waals surface area contributed by atoms with Crippen LogP contribution < -0.4 is 0 Å². The molecule has 0 amide bonds. The van der Waals surface area contributed by atoms with Crippen LogP contribution in [0, 0.1) is 0 Å². The van der Waals surface area contributed by atoms with Crippen LogP contribution >= 0.6 is 0 Å². The Morgan fingerprint density at radius 2 is 0.895 bits per heavy atom. The molecule has 0 spiro atoms. The molecule has 5 heterocycles. The van der Waals surface area contributed by atoms with Crippen molar-refractivity contribution < 1.29 is 13.3 Å². The number of benzene rings is 7. The van der Waals surface area contributed by atoms with Crippen molar-refractivity contribution in [2.24, 2.45) is 0 Å². The van der Waals surface area contributed by atoms with Gasteiger partial charge in [0.05, 0.1) is 0 Å². The van der Waals surface area contributed by atoms with Gasteiger partial charge in [0.1, 0.15) is 39.1 Å². The summed E-state index contributed by atoms with van der Waals surface area (Å²) < 4.78 is 19.2. The fourth-order valence-electron chi connectivity index (χ4n) is 7.87. The van der Waals surface area contributed by atoms with E-state index >= 15 is 0 Å². The van der Waals surface area contributed by atoms with Crippen molar-refractivity contribution in [3.05, 3.63) is 164 Å². The maximum Gasteiger partial charge on any atom is 0.180 e. The van der Waals surface area contributed by atoms with Gasteiger partial charge in [0, 0.05) is 54.7 Å². The Hall–Kier alpha value is -7.97. The summed E-state index contributed by atoms with van der Waals surface area (Å²) in [5.74, 6) is 2.28. The molecule has 8 nitrogen and oxygen atoms in total. The number of para-hydroxylation sites is 2. The van der Waals surface area contributed by atoms with Gasteiger partial charge in [-0.15, -0.1) is 0 Å². The van der Waals surface area contributed by atoms with E-state index in [0.717, 1.165) is 88.2 Å². The minimum absolute atomic E-state index is 0.548. The highest BCUT2D eigenvalue weighted by atomic mass is 16.3. The van der Waals surface area contributed by atoms with Gasteiger partial charge in [-0.25, -0.2) is 24.9 Å². The molecule has 0 aliphatic rings. The maximum absolute atomic E-state index is 6.47. The summed E-state index contributed by atoms with van der Waals surface area (Å²) >= 11 is 0. The lowest BCUT2D eigenvalue weighted by atomic mass is 10.0. The van der Waals surface area contributed by atoms with Gasteiger partial charge in [-0.2, -0.15) is 0 Å². The molecule has 266 valence electrons. The number of fused-ring (bicyclic) bond motifs is 9. The van der Waals surface area contributed by atoms with Gasteiger partial charge < -0.3 is 13.3 Å². The van der Waals surface area contributed by atoms with Gasteiger partial charge in [-0.3, -0.25) is 0 Å². The standard InChI is InChI=1S/C49H27N5O3/c1-3-12-28(13-4-1)46-52-47(29-14-5-2-6-15-29)54-49(53-46)35-18-11-21-40-42(35)36-26-31(23-25-39(36)55-40)48-50-43(45-44(51-48)34-17-8-10-20-38(34)57-45)30-22-24-33-32-16-7-9-19-37(32)56-41(33)27-30/h1-27H. The summed E-state index contributed by atoms with van der Waals surface area (Å²) in [6, 6.07) is 54.3. The van der Waals surface area contributed by atoms with E-state index < -0.39 is 0 Å². The molecule has 0 bridgehead atoms. The summed E-state index contributed by atoms with van der Waals surface area (Å²) in [6.07, 6.45) is 0. The number of rotatable bonds is 5. The summed E-state index contributed by atoms with van der Waals surface area (Å²) in [5, 5.41) is 4.82. The minimum Gasteiger partial charge on any atom is -0.456 e. The molecule has 8 heteroatoms. The third-order valence-corrected chi connectivity index (χ3v) is 10.6. The van der Waals surface area contributed by atoms with Crippen LogP contribution in [0.2, 0.25) is 0 Å². The van der Waals surface area contributed by atoms with Crippen LogP contribution in [-0.2, 0) is 0 Å². The third kappa shape index (κ3) is 5.04. The van der Waals surface area contributed by atoms with E-state index in [0.29, 0.717) is 34.6 Å². The summed E-state index contributed by atoms with van der Waals surface area (Å²) in [5.41, 5.74) is 10.2. The molecule has 0 N–H and O–H groups in total. The normalized spacial score (nSPS) is 11.9. The smallest absolute Gasteiger partial charge is 0.180 e. The molecule has 0 fully saturated rings. The lowest BCUT2D eigenvalue weighted by Gasteiger charge is -2.09. The van der Waals surface area contributed by atoms with Crippen molar-refractivity contribution in [3.8, 4) is 56.8 Å². The number of hydrogen-bond donors (Lipinski definition) is 0. The molecule has 0 saturated heterocycles. The molecule has 12 rings (SSSR count). The molecule has 0 aliphatic carbocycles. The van der Waals surface area contributed by atoms with Crippen molar-refractivity contribution >= 4 is 65.9 Å². The first kappa shape index (κ1) is 31.4. The predicted octanol–water partition coefficient (Wildman–Crippen LogP) is 12.7. The van der Waals surface area contributed by atoms with Crippen LogP contribution in [0.3, 0.4) is 0 Å². The number of aromatic nitrogens is 5. The highest BCUT2D eigenvalue weighted by Crippen LogP contribution is 2.41. The Bertz CT molecular complexity index is 3480. The maximum atomic E-state index is 6.47. The topological polar surface area (TPSA) is 104 Å². The van der Waals surface area contributed by atoms with E-state index in [1.54, 1.807) is 0 Å². The van der Waals surface area contributed by atoms with E-state index in [1.807, 2.05) is 140 Å². The molecule has 5 aromatic heterocycles. The van der Waals surface area contributed by atoms with Gasteiger partial charge in [-0.05, 0) is 54.6 Å². The second-order valence-electron chi connectivity index (χ2n) is 14.0. The Kier molecular flexibility index (Phi) is 6.76. The predicted molar refractivity (Wildman–Crippen MR) is 224 cm³/mol.